The van der Waals surface area contributed by atoms with Gasteiger partial charge in [0.25, 0.3) is 0 Å². The van der Waals surface area contributed by atoms with Gasteiger partial charge in [-0.3, -0.25) is 14.5 Å². The van der Waals surface area contributed by atoms with Crippen LogP contribution < -0.4 is 0 Å². The first-order chi connectivity index (χ1) is 12.0. The fourth-order valence-corrected chi connectivity index (χ4v) is 4.23. The van der Waals surface area contributed by atoms with Crippen LogP contribution in [0.15, 0.2) is 43.0 Å². The summed E-state index contributed by atoms with van der Waals surface area (Å²) >= 11 is 0. The Kier molecular flexibility index (Phi) is 4.95. The first-order valence-electron chi connectivity index (χ1n) is 8.85. The number of hydrogen-bond acceptors (Lipinski definition) is 3. The summed E-state index contributed by atoms with van der Waals surface area (Å²) in [5.74, 6) is 0.421. The summed E-state index contributed by atoms with van der Waals surface area (Å²) in [6, 6.07) is 10.3. The maximum absolute atomic E-state index is 13.2. The van der Waals surface area contributed by atoms with Crippen LogP contribution in [0.5, 0.6) is 0 Å². The van der Waals surface area contributed by atoms with Gasteiger partial charge < -0.3 is 9.80 Å². The van der Waals surface area contributed by atoms with E-state index in [1.165, 1.54) is 5.56 Å². The second-order valence-corrected chi connectivity index (χ2v) is 7.37. The molecule has 2 atom stereocenters. The zero-order valence-electron chi connectivity index (χ0n) is 15.1. The lowest BCUT2D eigenvalue weighted by molar-refractivity contribution is -0.136. The van der Waals surface area contributed by atoms with Crippen molar-refractivity contribution in [3.05, 3.63) is 48.6 Å². The molecule has 2 heterocycles. The predicted molar refractivity (Wildman–Crippen MR) is 98.1 cm³/mol. The Morgan fingerprint density at radius 1 is 1.36 bits per heavy atom. The highest BCUT2D eigenvalue weighted by molar-refractivity contribution is 5.87. The maximum atomic E-state index is 13.2. The second kappa shape index (κ2) is 7.00. The molecule has 2 aliphatic rings. The zero-order chi connectivity index (χ0) is 18.0. The first-order valence-corrected chi connectivity index (χ1v) is 8.85. The number of carbonyl (C=O) groups excluding carboxylic acids is 2. The molecule has 1 spiro atoms. The van der Waals surface area contributed by atoms with Crippen molar-refractivity contribution < 1.29 is 9.59 Å². The largest absolute Gasteiger partial charge is 0.348 e. The monoisotopic (exact) mass is 341 g/mol. The molecule has 134 valence electrons. The van der Waals surface area contributed by atoms with Crippen LogP contribution in [0.2, 0.25) is 0 Å². The SMILES string of the molecule is C=CCN1CC[C@@]2(CN(CC(=O)N(C)C)C[C@@H]2c2ccccc2)C1=O. The molecule has 2 aliphatic heterocycles. The van der Waals surface area contributed by atoms with Gasteiger partial charge in [0.15, 0.2) is 0 Å². The Bertz CT molecular complexity index is 658. The van der Waals surface area contributed by atoms with Gasteiger partial charge in [-0.2, -0.15) is 0 Å². The molecule has 5 nitrogen and oxygen atoms in total. The van der Waals surface area contributed by atoms with Gasteiger partial charge >= 0.3 is 0 Å². The lowest BCUT2D eigenvalue weighted by atomic mass is 9.73. The van der Waals surface area contributed by atoms with Gasteiger partial charge in [-0.1, -0.05) is 36.4 Å². The highest BCUT2D eigenvalue weighted by Crippen LogP contribution is 2.49. The minimum atomic E-state index is -0.420. The van der Waals surface area contributed by atoms with Crippen molar-refractivity contribution in [1.29, 1.82) is 0 Å². The van der Waals surface area contributed by atoms with Crippen LogP contribution in [0.25, 0.3) is 0 Å². The molecule has 3 rings (SSSR count). The summed E-state index contributed by atoms with van der Waals surface area (Å²) in [6.45, 7) is 6.90. The van der Waals surface area contributed by atoms with Crippen molar-refractivity contribution >= 4 is 11.8 Å². The summed E-state index contributed by atoms with van der Waals surface area (Å²) in [5, 5.41) is 0. The predicted octanol–water partition coefficient (Wildman–Crippen LogP) is 1.58. The van der Waals surface area contributed by atoms with Crippen LogP contribution in [0, 0.1) is 5.41 Å². The third kappa shape index (κ3) is 3.21. The number of benzene rings is 1. The molecule has 0 N–H and O–H groups in total. The van der Waals surface area contributed by atoms with E-state index in [9.17, 15) is 9.59 Å². The number of amides is 2. The van der Waals surface area contributed by atoms with E-state index in [0.29, 0.717) is 19.6 Å². The molecule has 0 radical (unpaired) electrons. The van der Waals surface area contributed by atoms with Gasteiger partial charge in [-0.25, -0.2) is 0 Å². The summed E-state index contributed by atoms with van der Waals surface area (Å²) in [6.07, 6.45) is 2.63. The molecule has 25 heavy (non-hydrogen) atoms. The van der Waals surface area contributed by atoms with Crippen molar-refractivity contribution in [2.75, 3.05) is 46.8 Å². The van der Waals surface area contributed by atoms with Crippen molar-refractivity contribution in [3.63, 3.8) is 0 Å². The third-order valence-corrected chi connectivity index (χ3v) is 5.56. The minimum Gasteiger partial charge on any atom is -0.348 e. The van der Waals surface area contributed by atoms with Crippen molar-refractivity contribution in [1.82, 2.24) is 14.7 Å². The fraction of sp³-hybridized carbons (Fsp3) is 0.500. The van der Waals surface area contributed by atoms with E-state index in [-0.39, 0.29) is 17.7 Å². The van der Waals surface area contributed by atoms with E-state index in [4.69, 9.17) is 0 Å². The van der Waals surface area contributed by atoms with E-state index >= 15 is 0 Å². The Morgan fingerprint density at radius 3 is 2.72 bits per heavy atom. The van der Waals surface area contributed by atoms with E-state index in [1.54, 1.807) is 25.1 Å². The van der Waals surface area contributed by atoms with E-state index in [0.717, 1.165) is 19.5 Å². The van der Waals surface area contributed by atoms with Gasteiger partial charge in [0, 0.05) is 46.2 Å². The Labute approximate surface area is 149 Å². The third-order valence-electron chi connectivity index (χ3n) is 5.56. The highest BCUT2D eigenvalue weighted by Gasteiger charge is 2.56. The molecule has 1 aromatic rings. The van der Waals surface area contributed by atoms with Gasteiger partial charge in [0.1, 0.15) is 0 Å². The van der Waals surface area contributed by atoms with Gasteiger partial charge in [-0.15, -0.1) is 6.58 Å². The zero-order valence-corrected chi connectivity index (χ0v) is 15.1. The average molecular weight is 341 g/mol. The lowest BCUT2D eigenvalue weighted by Crippen LogP contribution is -2.41. The molecule has 0 unspecified atom stereocenters. The Balaban J connectivity index is 1.89. The molecular formula is C20H27N3O2. The molecule has 2 amide bonds. The lowest BCUT2D eigenvalue weighted by Gasteiger charge is -2.29. The van der Waals surface area contributed by atoms with Crippen LogP contribution in [-0.4, -0.2) is 73.3 Å². The summed E-state index contributed by atoms with van der Waals surface area (Å²) in [4.78, 5) is 31.1. The summed E-state index contributed by atoms with van der Waals surface area (Å²) < 4.78 is 0. The maximum Gasteiger partial charge on any atom is 0.236 e. The normalized spacial score (nSPS) is 26.4. The second-order valence-electron chi connectivity index (χ2n) is 7.37. The van der Waals surface area contributed by atoms with Crippen LogP contribution in [-0.2, 0) is 9.59 Å². The quantitative estimate of drug-likeness (QED) is 0.764. The number of nitrogens with zero attached hydrogens (tertiary/aromatic N) is 3. The number of carbonyl (C=O) groups is 2. The van der Waals surface area contributed by atoms with E-state index in [1.807, 2.05) is 23.1 Å². The molecule has 0 aromatic heterocycles. The molecule has 2 fully saturated rings. The van der Waals surface area contributed by atoms with Crippen LogP contribution in [0.4, 0.5) is 0 Å². The standard InChI is InChI=1S/C20H27N3O2/c1-4-11-23-12-10-20(19(23)25)15-22(14-18(24)21(2)3)13-17(20)16-8-6-5-7-9-16/h4-9,17H,1,10-15H2,2-3H3/t17-,20+/m1/s1. The topological polar surface area (TPSA) is 43.9 Å². The molecule has 1 aromatic carbocycles. The van der Waals surface area contributed by atoms with E-state index in [2.05, 4.69) is 23.6 Å². The van der Waals surface area contributed by atoms with Crippen molar-refractivity contribution in [3.8, 4) is 0 Å². The van der Waals surface area contributed by atoms with Crippen molar-refractivity contribution in [2.24, 2.45) is 5.41 Å². The molecule has 0 saturated carbocycles. The highest BCUT2D eigenvalue weighted by atomic mass is 16.2. The first kappa shape index (κ1) is 17.7. The number of hydrogen-bond donors (Lipinski definition) is 0. The average Bonchev–Trinajstić information content (AvgIpc) is 3.12. The van der Waals surface area contributed by atoms with E-state index < -0.39 is 5.41 Å². The van der Waals surface area contributed by atoms with Crippen LogP contribution in [0.3, 0.4) is 0 Å². The summed E-state index contributed by atoms with van der Waals surface area (Å²) in [5.41, 5.74) is 0.771. The molecule has 5 heteroatoms. The fourth-order valence-electron chi connectivity index (χ4n) is 4.23. The van der Waals surface area contributed by atoms with Gasteiger partial charge in [0.05, 0.1) is 12.0 Å². The molecular weight excluding hydrogens is 314 g/mol. The number of rotatable bonds is 5. The molecule has 0 aliphatic carbocycles. The molecule has 2 saturated heterocycles. The number of likely N-dealkylation sites (tertiary alicyclic amines) is 2. The van der Waals surface area contributed by atoms with Crippen LogP contribution in [0.1, 0.15) is 17.9 Å². The Hall–Kier alpha value is -2.14. The Morgan fingerprint density at radius 2 is 2.08 bits per heavy atom. The number of likely N-dealkylation sites (N-methyl/N-ethyl adjacent to an activating group) is 1. The molecule has 0 bridgehead atoms. The minimum absolute atomic E-state index is 0.0808. The van der Waals surface area contributed by atoms with Crippen molar-refractivity contribution in [2.45, 2.75) is 12.3 Å². The summed E-state index contributed by atoms with van der Waals surface area (Å²) in [7, 11) is 3.55. The van der Waals surface area contributed by atoms with Crippen LogP contribution >= 0.6 is 0 Å². The smallest absolute Gasteiger partial charge is 0.236 e. The van der Waals surface area contributed by atoms with Gasteiger partial charge in [-0.05, 0) is 12.0 Å². The van der Waals surface area contributed by atoms with Gasteiger partial charge in [0.2, 0.25) is 11.8 Å².